The summed E-state index contributed by atoms with van der Waals surface area (Å²) in [7, 11) is 1.31. The zero-order valence-corrected chi connectivity index (χ0v) is 12.3. The normalized spacial score (nSPS) is 12.0. The van der Waals surface area contributed by atoms with Crippen molar-refractivity contribution >= 4 is 24.3 Å². The van der Waals surface area contributed by atoms with E-state index in [-0.39, 0.29) is 18.4 Å². The Balaban J connectivity index is 0. The fraction of sp³-hybridized carbons (Fsp3) is 0.385. The quantitative estimate of drug-likeness (QED) is 0.700. The molecule has 0 aliphatic heterocycles. The van der Waals surface area contributed by atoms with Gasteiger partial charge in [-0.1, -0.05) is 30.3 Å². The van der Waals surface area contributed by atoms with E-state index in [1.165, 1.54) is 7.11 Å². The molecule has 5 N–H and O–H groups in total. The van der Waals surface area contributed by atoms with Crippen molar-refractivity contribution in [2.75, 3.05) is 7.11 Å². The number of esters is 1. The summed E-state index contributed by atoms with van der Waals surface area (Å²) in [5.74, 6) is -1.33. The summed E-state index contributed by atoms with van der Waals surface area (Å²) in [4.78, 5) is 20.5. The standard InChI is InChI=1S/C9H11NO2.C4H9NO2.ClH/c10-8(9(11)12)6-7-4-2-1-3-5-7;1-3(5)4(6)7-2;/h1-5,8H,6,10H2,(H,11,12);3H,5H2,1-2H3;1H/t8-;3-;/m00./s1. The molecule has 0 bridgehead atoms. The van der Waals surface area contributed by atoms with Gasteiger partial charge in [-0.3, -0.25) is 9.59 Å². The minimum Gasteiger partial charge on any atom is -0.480 e. The third-order valence-electron chi connectivity index (χ3n) is 2.19. The molecule has 0 saturated carbocycles. The van der Waals surface area contributed by atoms with Crippen LogP contribution in [-0.2, 0) is 20.7 Å². The molecule has 0 aliphatic carbocycles. The van der Waals surface area contributed by atoms with Crippen LogP contribution >= 0.6 is 12.4 Å². The summed E-state index contributed by atoms with van der Waals surface area (Å²) in [5, 5.41) is 8.52. The first kappa shape index (κ1) is 20.7. The average Bonchev–Trinajstić information content (AvgIpc) is 2.39. The fourth-order valence-electron chi connectivity index (χ4n) is 1.14. The van der Waals surface area contributed by atoms with Crippen LogP contribution in [0.3, 0.4) is 0 Å². The largest absolute Gasteiger partial charge is 0.480 e. The number of ether oxygens (including phenoxy) is 1. The van der Waals surface area contributed by atoms with Gasteiger partial charge in [0.05, 0.1) is 7.11 Å². The molecule has 7 heteroatoms. The van der Waals surface area contributed by atoms with E-state index in [0.717, 1.165) is 5.56 Å². The molecule has 0 spiro atoms. The number of carbonyl (C=O) groups excluding carboxylic acids is 1. The molecular formula is C13H21ClN2O4. The Bertz CT molecular complexity index is 399. The molecule has 1 rings (SSSR count). The number of hydrogen-bond acceptors (Lipinski definition) is 5. The van der Waals surface area contributed by atoms with Gasteiger partial charge >= 0.3 is 11.9 Å². The Labute approximate surface area is 124 Å². The topological polar surface area (TPSA) is 116 Å². The number of aliphatic carboxylic acids is 1. The minimum absolute atomic E-state index is 0. The lowest BCUT2D eigenvalue weighted by Gasteiger charge is -2.04. The van der Waals surface area contributed by atoms with Gasteiger partial charge in [-0.15, -0.1) is 12.4 Å². The van der Waals surface area contributed by atoms with E-state index in [1.54, 1.807) is 6.92 Å². The predicted molar refractivity (Wildman–Crippen MR) is 78.7 cm³/mol. The van der Waals surface area contributed by atoms with Gasteiger partial charge in [0, 0.05) is 0 Å². The van der Waals surface area contributed by atoms with Gasteiger partial charge in [-0.2, -0.15) is 0 Å². The highest BCUT2D eigenvalue weighted by Gasteiger charge is 2.10. The maximum Gasteiger partial charge on any atom is 0.322 e. The van der Waals surface area contributed by atoms with Gasteiger partial charge in [0.15, 0.2) is 0 Å². The van der Waals surface area contributed by atoms with E-state index in [4.69, 9.17) is 16.6 Å². The van der Waals surface area contributed by atoms with Crippen molar-refractivity contribution in [1.82, 2.24) is 0 Å². The zero-order chi connectivity index (χ0) is 14.8. The van der Waals surface area contributed by atoms with E-state index in [2.05, 4.69) is 4.74 Å². The van der Waals surface area contributed by atoms with E-state index < -0.39 is 18.1 Å². The second kappa shape index (κ2) is 11.2. The summed E-state index contributed by atoms with van der Waals surface area (Å²) < 4.78 is 4.25. The number of methoxy groups -OCH3 is 1. The SMILES string of the molecule is COC(=O)[C@H](C)N.Cl.N[C@@H](Cc1ccccc1)C(=O)O. The number of rotatable bonds is 4. The molecule has 0 amide bonds. The van der Waals surface area contributed by atoms with Crippen molar-refractivity contribution in [2.24, 2.45) is 11.5 Å². The van der Waals surface area contributed by atoms with Crippen LogP contribution in [-0.4, -0.2) is 36.2 Å². The van der Waals surface area contributed by atoms with Crippen LogP contribution < -0.4 is 11.5 Å². The molecule has 0 fully saturated rings. The summed E-state index contributed by atoms with van der Waals surface area (Å²) in [5.41, 5.74) is 11.4. The molecule has 20 heavy (non-hydrogen) atoms. The van der Waals surface area contributed by atoms with Gasteiger partial charge in [-0.25, -0.2) is 0 Å². The molecule has 0 radical (unpaired) electrons. The minimum atomic E-state index is -0.959. The van der Waals surface area contributed by atoms with E-state index >= 15 is 0 Å². The lowest BCUT2D eigenvalue weighted by Crippen LogP contribution is -2.32. The van der Waals surface area contributed by atoms with Crippen molar-refractivity contribution in [3.05, 3.63) is 35.9 Å². The molecule has 0 saturated heterocycles. The Morgan fingerprint density at radius 1 is 1.25 bits per heavy atom. The molecule has 6 nitrogen and oxygen atoms in total. The highest BCUT2D eigenvalue weighted by Crippen LogP contribution is 2.01. The van der Waals surface area contributed by atoms with Crippen molar-refractivity contribution in [3.63, 3.8) is 0 Å². The summed E-state index contributed by atoms with van der Waals surface area (Å²) in [6, 6.07) is 8.05. The first-order valence-corrected chi connectivity index (χ1v) is 5.74. The summed E-state index contributed by atoms with van der Waals surface area (Å²) in [6.07, 6.45) is 0.385. The average molecular weight is 305 g/mol. The number of halogens is 1. The first-order valence-electron chi connectivity index (χ1n) is 5.74. The highest BCUT2D eigenvalue weighted by atomic mass is 35.5. The Kier molecular flexibility index (Phi) is 11.6. The van der Waals surface area contributed by atoms with Gasteiger partial charge in [0.1, 0.15) is 12.1 Å². The third-order valence-corrected chi connectivity index (χ3v) is 2.19. The second-order valence-electron chi connectivity index (χ2n) is 3.95. The lowest BCUT2D eigenvalue weighted by atomic mass is 10.1. The van der Waals surface area contributed by atoms with E-state index in [0.29, 0.717) is 6.42 Å². The molecule has 0 aliphatic rings. The van der Waals surface area contributed by atoms with Crippen LogP contribution in [0.4, 0.5) is 0 Å². The molecule has 1 aromatic rings. The maximum atomic E-state index is 10.4. The smallest absolute Gasteiger partial charge is 0.322 e. The van der Waals surface area contributed by atoms with E-state index in [9.17, 15) is 9.59 Å². The first-order chi connectivity index (χ1) is 8.88. The molecule has 0 heterocycles. The van der Waals surface area contributed by atoms with Crippen LogP contribution in [0.15, 0.2) is 30.3 Å². The molecule has 0 unspecified atom stereocenters. The van der Waals surface area contributed by atoms with Crippen molar-refractivity contribution < 1.29 is 19.4 Å². The van der Waals surface area contributed by atoms with Crippen molar-refractivity contribution in [2.45, 2.75) is 25.4 Å². The molecule has 1 aromatic carbocycles. The van der Waals surface area contributed by atoms with Crippen LogP contribution in [0, 0.1) is 0 Å². The zero-order valence-electron chi connectivity index (χ0n) is 11.5. The lowest BCUT2D eigenvalue weighted by molar-refractivity contribution is -0.141. The van der Waals surface area contributed by atoms with Crippen LogP contribution in [0.5, 0.6) is 0 Å². The van der Waals surface area contributed by atoms with Gasteiger partial charge in [-0.05, 0) is 18.9 Å². The third kappa shape index (κ3) is 9.32. The second-order valence-corrected chi connectivity index (χ2v) is 3.95. The van der Waals surface area contributed by atoms with Gasteiger partial charge < -0.3 is 21.3 Å². The summed E-state index contributed by atoms with van der Waals surface area (Å²) >= 11 is 0. The summed E-state index contributed by atoms with van der Waals surface area (Å²) in [6.45, 7) is 1.58. The molecule has 0 aromatic heterocycles. The monoisotopic (exact) mass is 304 g/mol. The number of nitrogens with two attached hydrogens (primary N) is 2. The number of carboxylic acids is 1. The predicted octanol–water partition coefficient (Wildman–Crippen LogP) is 0.569. The Morgan fingerprint density at radius 2 is 1.75 bits per heavy atom. The van der Waals surface area contributed by atoms with Gasteiger partial charge in [0.25, 0.3) is 0 Å². The number of benzene rings is 1. The number of carbonyl (C=O) groups is 2. The highest BCUT2D eigenvalue weighted by molar-refractivity contribution is 5.85. The van der Waals surface area contributed by atoms with Gasteiger partial charge in [0.2, 0.25) is 0 Å². The van der Waals surface area contributed by atoms with Crippen molar-refractivity contribution in [1.29, 1.82) is 0 Å². The number of carboxylic acid groups (broad SMARTS) is 1. The fourth-order valence-corrected chi connectivity index (χ4v) is 1.14. The molecule has 2 atom stereocenters. The Morgan fingerprint density at radius 3 is 2.05 bits per heavy atom. The van der Waals surface area contributed by atoms with Crippen LogP contribution in [0.2, 0.25) is 0 Å². The number of hydrogen-bond donors (Lipinski definition) is 3. The molecular weight excluding hydrogens is 284 g/mol. The van der Waals surface area contributed by atoms with E-state index in [1.807, 2.05) is 30.3 Å². The van der Waals surface area contributed by atoms with Crippen LogP contribution in [0.1, 0.15) is 12.5 Å². The Hall–Kier alpha value is -1.63. The molecule has 114 valence electrons. The van der Waals surface area contributed by atoms with Crippen molar-refractivity contribution in [3.8, 4) is 0 Å². The van der Waals surface area contributed by atoms with Crippen LogP contribution in [0.25, 0.3) is 0 Å². The maximum absolute atomic E-state index is 10.4.